The molecule has 2 amide bonds. The normalized spacial score (nSPS) is 13.7. The fourth-order valence-corrected chi connectivity index (χ4v) is 2.62. The summed E-state index contributed by atoms with van der Waals surface area (Å²) in [5, 5.41) is 5.28. The highest BCUT2D eigenvalue weighted by Gasteiger charge is 2.21. The van der Waals surface area contributed by atoms with Crippen LogP contribution in [0.3, 0.4) is 0 Å². The van der Waals surface area contributed by atoms with Gasteiger partial charge in [-0.2, -0.15) is 0 Å². The van der Waals surface area contributed by atoms with Crippen LogP contribution in [0.15, 0.2) is 42.5 Å². The van der Waals surface area contributed by atoms with Gasteiger partial charge in [0.25, 0.3) is 0 Å². The minimum Gasteiger partial charge on any atom is -0.369 e. The number of benzene rings is 2. The van der Waals surface area contributed by atoms with Crippen molar-refractivity contribution in [3.63, 3.8) is 0 Å². The molecule has 2 rings (SSSR count). The number of amides is 2. The third kappa shape index (κ3) is 4.07. The van der Waals surface area contributed by atoms with Crippen molar-refractivity contribution in [1.29, 1.82) is 0 Å². The summed E-state index contributed by atoms with van der Waals surface area (Å²) >= 11 is 0. The highest BCUT2D eigenvalue weighted by atomic mass is 16.2. The van der Waals surface area contributed by atoms with Crippen LogP contribution in [-0.4, -0.2) is 36.3 Å². The van der Waals surface area contributed by atoms with Crippen LogP contribution in [-0.2, 0) is 9.59 Å². The maximum atomic E-state index is 12.4. The predicted molar refractivity (Wildman–Crippen MR) is 91.8 cm³/mol. The number of carbonyl (C=O) groups excluding carboxylic acids is 2. The Morgan fingerprint density at radius 2 is 1.78 bits per heavy atom. The first-order valence-corrected chi connectivity index (χ1v) is 7.66. The van der Waals surface area contributed by atoms with Gasteiger partial charge in [0.1, 0.15) is 0 Å². The molecular formula is C18H23N3O2. The number of nitrogens with two attached hydrogens (primary N) is 1. The minimum atomic E-state index is -0.450. The second-order valence-electron chi connectivity index (χ2n) is 5.86. The molecule has 0 bridgehead atoms. The van der Waals surface area contributed by atoms with Crippen LogP contribution in [0.5, 0.6) is 0 Å². The average molecular weight is 313 g/mol. The number of fused-ring (bicyclic) bond motifs is 1. The second kappa shape index (κ2) is 7.24. The van der Waals surface area contributed by atoms with Crippen molar-refractivity contribution in [2.24, 2.45) is 5.73 Å². The van der Waals surface area contributed by atoms with Crippen molar-refractivity contribution in [2.75, 3.05) is 13.6 Å². The van der Waals surface area contributed by atoms with Crippen LogP contribution in [0.2, 0.25) is 0 Å². The topological polar surface area (TPSA) is 75.4 Å². The quantitative estimate of drug-likeness (QED) is 0.854. The largest absolute Gasteiger partial charge is 0.369 e. The summed E-state index contributed by atoms with van der Waals surface area (Å²) < 4.78 is 0. The number of carbonyl (C=O) groups is 2. The van der Waals surface area contributed by atoms with E-state index in [2.05, 4.69) is 23.5 Å². The highest BCUT2D eigenvalue weighted by Crippen LogP contribution is 2.24. The molecule has 0 aliphatic carbocycles. The van der Waals surface area contributed by atoms with Crippen LogP contribution in [0.25, 0.3) is 10.8 Å². The third-order valence-electron chi connectivity index (χ3n) is 4.09. The SMILES string of the molecule is C[C@@H](NC(=O)[C@H](C)N(C)CC(N)=O)c1cccc2ccccc12. The van der Waals surface area contributed by atoms with E-state index < -0.39 is 11.9 Å². The van der Waals surface area contributed by atoms with E-state index in [1.165, 1.54) is 0 Å². The van der Waals surface area contributed by atoms with Gasteiger partial charge >= 0.3 is 0 Å². The average Bonchev–Trinajstić information content (AvgIpc) is 2.52. The summed E-state index contributed by atoms with van der Waals surface area (Å²) in [5.41, 5.74) is 6.24. The Morgan fingerprint density at radius 3 is 2.48 bits per heavy atom. The van der Waals surface area contributed by atoms with Crippen molar-refractivity contribution >= 4 is 22.6 Å². The lowest BCUT2D eigenvalue weighted by Gasteiger charge is -2.25. The zero-order valence-electron chi connectivity index (χ0n) is 13.7. The second-order valence-corrected chi connectivity index (χ2v) is 5.86. The molecule has 0 unspecified atom stereocenters. The molecular weight excluding hydrogens is 290 g/mol. The van der Waals surface area contributed by atoms with Gasteiger partial charge in [-0.05, 0) is 37.2 Å². The van der Waals surface area contributed by atoms with Gasteiger partial charge < -0.3 is 11.1 Å². The lowest BCUT2D eigenvalue weighted by atomic mass is 9.99. The fraction of sp³-hybridized carbons (Fsp3) is 0.333. The smallest absolute Gasteiger partial charge is 0.237 e. The zero-order chi connectivity index (χ0) is 17.0. The van der Waals surface area contributed by atoms with Gasteiger partial charge in [0.15, 0.2) is 0 Å². The van der Waals surface area contributed by atoms with E-state index in [0.717, 1.165) is 16.3 Å². The van der Waals surface area contributed by atoms with E-state index in [-0.39, 0.29) is 18.5 Å². The molecule has 0 spiro atoms. The Morgan fingerprint density at radius 1 is 1.13 bits per heavy atom. The molecule has 0 radical (unpaired) electrons. The molecule has 2 atom stereocenters. The van der Waals surface area contributed by atoms with Crippen LogP contribution < -0.4 is 11.1 Å². The molecule has 2 aromatic rings. The molecule has 5 nitrogen and oxygen atoms in total. The van der Waals surface area contributed by atoms with Crippen molar-refractivity contribution in [1.82, 2.24) is 10.2 Å². The van der Waals surface area contributed by atoms with Crippen LogP contribution in [0, 0.1) is 0 Å². The van der Waals surface area contributed by atoms with Gasteiger partial charge in [-0.15, -0.1) is 0 Å². The maximum Gasteiger partial charge on any atom is 0.237 e. The molecule has 0 heterocycles. The molecule has 0 aromatic heterocycles. The standard InChI is InChI=1S/C18H23N3O2/c1-12(20-18(23)13(2)21(3)11-17(19)22)15-10-6-8-14-7-4-5-9-16(14)15/h4-10,12-13H,11H2,1-3H3,(H2,19,22)(H,20,23)/t12-,13+/m1/s1. The molecule has 5 heteroatoms. The van der Waals surface area contributed by atoms with Gasteiger partial charge in [-0.25, -0.2) is 0 Å². The molecule has 0 saturated carbocycles. The number of hydrogen-bond donors (Lipinski definition) is 2. The summed E-state index contributed by atoms with van der Waals surface area (Å²) in [7, 11) is 1.71. The molecule has 0 saturated heterocycles. The predicted octanol–water partition coefficient (Wildman–Crippen LogP) is 1.82. The molecule has 2 aromatic carbocycles. The van der Waals surface area contributed by atoms with E-state index in [1.807, 2.05) is 31.2 Å². The lowest BCUT2D eigenvalue weighted by Crippen LogP contribution is -2.46. The van der Waals surface area contributed by atoms with Gasteiger partial charge in [0.2, 0.25) is 11.8 Å². The lowest BCUT2D eigenvalue weighted by molar-refractivity contribution is -0.127. The van der Waals surface area contributed by atoms with Crippen molar-refractivity contribution in [2.45, 2.75) is 25.9 Å². The van der Waals surface area contributed by atoms with E-state index in [1.54, 1.807) is 18.9 Å². The van der Waals surface area contributed by atoms with Crippen LogP contribution in [0.1, 0.15) is 25.5 Å². The van der Waals surface area contributed by atoms with E-state index in [0.29, 0.717) is 0 Å². The maximum absolute atomic E-state index is 12.4. The van der Waals surface area contributed by atoms with Crippen molar-refractivity contribution in [3.05, 3.63) is 48.0 Å². The highest BCUT2D eigenvalue weighted by molar-refractivity contribution is 5.87. The Hall–Kier alpha value is -2.40. The molecule has 0 fully saturated rings. The summed E-state index contributed by atoms with van der Waals surface area (Å²) in [6.45, 7) is 3.77. The van der Waals surface area contributed by atoms with Gasteiger partial charge in [-0.3, -0.25) is 14.5 Å². The number of likely N-dealkylation sites (N-methyl/N-ethyl adjacent to an activating group) is 1. The fourth-order valence-electron chi connectivity index (χ4n) is 2.62. The molecule has 0 aliphatic heterocycles. The van der Waals surface area contributed by atoms with Crippen molar-refractivity contribution in [3.8, 4) is 0 Å². The number of primary amides is 1. The zero-order valence-corrected chi connectivity index (χ0v) is 13.7. The molecule has 23 heavy (non-hydrogen) atoms. The van der Waals surface area contributed by atoms with E-state index >= 15 is 0 Å². The van der Waals surface area contributed by atoms with Crippen LogP contribution in [0.4, 0.5) is 0 Å². The van der Waals surface area contributed by atoms with Gasteiger partial charge in [-0.1, -0.05) is 42.5 Å². The summed E-state index contributed by atoms with van der Waals surface area (Å²) in [6.07, 6.45) is 0. The third-order valence-corrected chi connectivity index (χ3v) is 4.09. The Balaban J connectivity index is 2.13. The number of nitrogens with zero attached hydrogens (tertiary/aromatic N) is 1. The number of nitrogens with one attached hydrogen (secondary N) is 1. The Kier molecular flexibility index (Phi) is 5.34. The van der Waals surface area contributed by atoms with Gasteiger partial charge in [0.05, 0.1) is 18.6 Å². The first-order chi connectivity index (χ1) is 10.9. The monoisotopic (exact) mass is 313 g/mol. The summed E-state index contributed by atoms with van der Waals surface area (Å²) in [4.78, 5) is 25.0. The van der Waals surface area contributed by atoms with Crippen LogP contribution >= 0.6 is 0 Å². The molecule has 122 valence electrons. The van der Waals surface area contributed by atoms with Crippen molar-refractivity contribution < 1.29 is 9.59 Å². The summed E-state index contributed by atoms with van der Waals surface area (Å²) in [5.74, 6) is -0.580. The number of hydrogen-bond acceptors (Lipinski definition) is 3. The Bertz CT molecular complexity index is 709. The molecule has 3 N–H and O–H groups in total. The first-order valence-electron chi connectivity index (χ1n) is 7.66. The van der Waals surface area contributed by atoms with E-state index in [9.17, 15) is 9.59 Å². The minimum absolute atomic E-state index is 0.0528. The summed E-state index contributed by atoms with van der Waals surface area (Å²) in [6, 6.07) is 13.6. The molecule has 0 aliphatic rings. The van der Waals surface area contributed by atoms with Gasteiger partial charge in [0, 0.05) is 0 Å². The Labute approximate surface area is 136 Å². The number of rotatable bonds is 6. The first kappa shape index (κ1) is 17.0. The van der Waals surface area contributed by atoms with E-state index in [4.69, 9.17) is 5.73 Å².